The van der Waals surface area contributed by atoms with Gasteiger partial charge in [-0.05, 0) is 26.7 Å². The van der Waals surface area contributed by atoms with E-state index in [2.05, 4.69) is 5.32 Å². The standard InChI is InChI=1S/C13H22N2O3/c1-4-13(3,11(16)17)9-14-12(18)15-7-5-10(2)6-8-15/h5H,4,6-9H2,1-3H3,(H,14,18)(H,16,17). The number of aliphatic carboxylic acids is 1. The van der Waals surface area contributed by atoms with E-state index in [-0.39, 0.29) is 12.6 Å². The Morgan fingerprint density at radius 1 is 1.56 bits per heavy atom. The summed E-state index contributed by atoms with van der Waals surface area (Å²) in [6.45, 7) is 6.98. The molecule has 0 saturated carbocycles. The molecule has 102 valence electrons. The molecule has 5 nitrogen and oxygen atoms in total. The van der Waals surface area contributed by atoms with Gasteiger partial charge in [0.2, 0.25) is 0 Å². The zero-order chi connectivity index (χ0) is 13.8. The van der Waals surface area contributed by atoms with Crippen molar-refractivity contribution in [2.45, 2.75) is 33.6 Å². The van der Waals surface area contributed by atoms with Gasteiger partial charge >= 0.3 is 12.0 Å². The van der Waals surface area contributed by atoms with Crippen molar-refractivity contribution < 1.29 is 14.7 Å². The van der Waals surface area contributed by atoms with Crippen LogP contribution >= 0.6 is 0 Å². The number of amides is 2. The van der Waals surface area contributed by atoms with E-state index in [0.29, 0.717) is 19.5 Å². The second-order valence-electron chi connectivity index (χ2n) is 5.12. The van der Waals surface area contributed by atoms with Gasteiger partial charge < -0.3 is 15.3 Å². The molecular formula is C13H22N2O3. The lowest BCUT2D eigenvalue weighted by Crippen LogP contribution is -2.47. The Morgan fingerprint density at radius 2 is 2.22 bits per heavy atom. The Kier molecular flexibility index (Phi) is 4.76. The number of carboxylic acids is 1. The fourth-order valence-corrected chi connectivity index (χ4v) is 1.69. The normalized spacial score (nSPS) is 18.8. The largest absolute Gasteiger partial charge is 0.481 e. The number of urea groups is 1. The highest BCUT2D eigenvalue weighted by molar-refractivity contribution is 5.78. The van der Waals surface area contributed by atoms with Gasteiger partial charge in [-0.3, -0.25) is 4.79 Å². The number of hydrogen-bond donors (Lipinski definition) is 2. The third kappa shape index (κ3) is 3.48. The van der Waals surface area contributed by atoms with Gasteiger partial charge in [0.15, 0.2) is 0 Å². The summed E-state index contributed by atoms with van der Waals surface area (Å²) in [5.74, 6) is -0.875. The molecule has 2 N–H and O–H groups in total. The monoisotopic (exact) mass is 254 g/mol. The number of nitrogens with zero attached hydrogens (tertiary/aromatic N) is 1. The molecule has 0 radical (unpaired) electrons. The first-order valence-corrected chi connectivity index (χ1v) is 6.31. The molecule has 0 aromatic rings. The quantitative estimate of drug-likeness (QED) is 0.752. The van der Waals surface area contributed by atoms with Crippen LogP contribution in [0.5, 0.6) is 0 Å². The summed E-state index contributed by atoms with van der Waals surface area (Å²) in [7, 11) is 0. The molecule has 1 rings (SSSR count). The highest BCUT2D eigenvalue weighted by atomic mass is 16.4. The van der Waals surface area contributed by atoms with E-state index in [1.54, 1.807) is 11.8 Å². The van der Waals surface area contributed by atoms with E-state index in [9.17, 15) is 9.59 Å². The maximum atomic E-state index is 11.9. The van der Waals surface area contributed by atoms with E-state index in [1.807, 2.05) is 19.9 Å². The summed E-state index contributed by atoms with van der Waals surface area (Å²) in [6, 6.07) is -0.181. The third-order valence-corrected chi connectivity index (χ3v) is 3.65. The predicted molar refractivity (Wildman–Crippen MR) is 69.4 cm³/mol. The third-order valence-electron chi connectivity index (χ3n) is 3.65. The summed E-state index contributed by atoms with van der Waals surface area (Å²) in [5.41, 5.74) is 0.403. The molecule has 1 unspecified atom stereocenters. The van der Waals surface area contributed by atoms with Crippen LogP contribution in [-0.4, -0.2) is 41.6 Å². The van der Waals surface area contributed by atoms with E-state index in [1.165, 1.54) is 5.57 Å². The van der Waals surface area contributed by atoms with Gasteiger partial charge in [-0.1, -0.05) is 18.6 Å². The molecule has 0 aromatic heterocycles. The van der Waals surface area contributed by atoms with Crippen LogP contribution in [-0.2, 0) is 4.79 Å². The van der Waals surface area contributed by atoms with Crippen molar-refractivity contribution in [2.75, 3.05) is 19.6 Å². The maximum Gasteiger partial charge on any atom is 0.317 e. The number of carbonyl (C=O) groups excluding carboxylic acids is 1. The van der Waals surface area contributed by atoms with Crippen molar-refractivity contribution in [1.29, 1.82) is 0 Å². The molecule has 5 heteroatoms. The molecule has 1 aliphatic heterocycles. The summed E-state index contributed by atoms with van der Waals surface area (Å²) in [6.07, 6.45) is 3.40. The van der Waals surface area contributed by atoms with Crippen LogP contribution in [0.15, 0.2) is 11.6 Å². The van der Waals surface area contributed by atoms with Crippen LogP contribution < -0.4 is 5.32 Å². The first-order chi connectivity index (χ1) is 8.39. The number of nitrogens with one attached hydrogen (secondary N) is 1. The molecule has 0 bridgehead atoms. The van der Waals surface area contributed by atoms with Crippen LogP contribution in [0, 0.1) is 5.41 Å². The Labute approximate surface area is 108 Å². The van der Waals surface area contributed by atoms with Crippen molar-refractivity contribution in [3.05, 3.63) is 11.6 Å². The van der Waals surface area contributed by atoms with Crippen molar-refractivity contribution in [3.8, 4) is 0 Å². The van der Waals surface area contributed by atoms with Gasteiger partial charge in [-0.15, -0.1) is 0 Å². The van der Waals surface area contributed by atoms with Gasteiger partial charge in [0.05, 0.1) is 5.41 Å². The number of carboxylic acid groups (broad SMARTS) is 1. The minimum absolute atomic E-state index is 0.164. The fraction of sp³-hybridized carbons (Fsp3) is 0.692. The minimum atomic E-state index is -0.892. The van der Waals surface area contributed by atoms with Gasteiger partial charge in [-0.2, -0.15) is 0 Å². The molecular weight excluding hydrogens is 232 g/mol. The highest BCUT2D eigenvalue weighted by Crippen LogP contribution is 2.20. The Bertz CT molecular complexity index is 365. The molecule has 1 atom stereocenters. The highest BCUT2D eigenvalue weighted by Gasteiger charge is 2.32. The maximum absolute atomic E-state index is 11.9. The lowest BCUT2D eigenvalue weighted by molar-refractivity contribution is -0.147. The van der Waals surface area contributed by atoms with Gasteiger partial charge in [0.25, 0.3) is 0 Å². The van der Waals surface area contributed by atoms with Crippen LogP contribution in [0.2, 0.25) is 0 Å². The van der Waals surface area contributed by atoms with E-state index in [0.717, 1.165) is 6.42 Å². The number of carbonyl (C=O) groups is 2. The Morgan fingerprint density at radius 3 is 2.67 bits per heavy atom. The number of rotatable bonds is 4. The lowest BCUT2D eigenvalue weighted by Gasteiger charge is -2.28. The van der Waals surface area contributed by atoms with Gasteiger partial charge in [-0.25, -0.2) is 4.79 Å². The first-order valence-electron chi connectivity index (χ1n) is 6.31. The fourth-order valence-electron chi connectivity index (χ4n) is 1.69. The van der Waals surface area contributed by atoms with Crippen LogP contribution in [0.4, 0.5) is 4.79 Å². The molecule has 0 saturated heterocycles. The smallest absolute Gasteiger partial charge is 0.317 e. The minimum Gasteiger partial charge on any atom is -0.481 e. The zero-order valence-corrected chi connectivity index (χ0v) is 11.3. The summed E-state index contributed by atoms with van der Waals surface area (Å²) in [5, 5.41) is 11.8. The Balaban J connectivity index is 2.49. The van der Waals surface area contributed by atoms with Crippen molar-refractivity contribution >= 4 is 12.0 Å². The van der Waals surface area contributed by atoms with Crippen molar-refractivity contribution in [2.24, 2.45) is 5.41 Å². The van der Waals surface area contributed by atoms with Crippen molar-refractivity contribution in [3.63, 3.8) is 0 Å². The van der Waals surface area contributed by atoms with E-state index in [4.69, 9.17) is 5.11 Å². The van der Waals surface area contributed by atoms with Gasteiger partial charge in [0.1, 0.15) is 0 Å². The second kappa shape index (κ2) is 5.89. The van der Waals surface area contributed by atoms with Gasteiger partial charge in [0, 0.05) is 19.6 Å². The molecule has 1 aliphatic rings. The summed E-state index contributed by atoms with van der Waals surface area (Å²) >= 11 is 0. The topological polar surface area (TPSA) is 69.6 Å². The molecule has 0 aromatic carbocycles. The zero-order valence-electron chi connectivity index (χ0n) is 11.3. The molecule has 1 heterocycles. The van der Waals surface area contributed by atoms with E-state index >= 15 is 0 Å². The van der Waals surface area contributed by atoms with Crippen LogP contribution in [0.1, 0.15) is 33.6 Å². The van der Waals surface area contributed by atoms with Crippen LogP contribution in [0.3, 0.4) is 0 Å². The van der Waals surface area contributed by atoms with Crippen LogP contribution in [0.25, 0.3) is 0 Å². The summed E-state index contributed by atoms with van der Waals surface area (Å²) in [4.78, 5) is 24.7. The molecule has 0 fully saturated rings. The Hall–Kier alpha value is -1.52. The molecule has 0 spiro atoms. The molecule has 2 amide bonds. The number of hydrogen-bond acceptors (Lipinski definition) is 2. The second-order valence-corrected chi connectivity index (χ2v) is 5.12. The van der Waals surface area contributed by atoms with E-state index < -0.39 is 11.4 Å². The SMILES string of the molecule is CCC(C)(CNC(=O)N1CC=C(C)CC1)C(=O)O. The lowest BCUT2D eigenvalue weighted by atomic mass is 9.88. The molecule has 18 heavy (non-hydrogen) atoms. The molecule has 0 aliphatic carbocycles. The van der Waals surface area contributed by atoms with Crippen molar-refractivity contribution in [1.82, 2.24) is 10.2 Å². The summed E-state index contributed by atoms with van der Waals surface area (Å²) < 4.78 is 0. The average molecular weight is 254 g/mol. The first kappa shape index (κ1) is 14.5. The average Bonchev–Trinajstić information content (AvgIpc) is 2.36. The predicted octanol–water partition coefficient (Wildman–Crippen LogP) is 1.85.